The molecular weight excluding hydrogens is 298 g/mol. The predicted octanol–water partition coefficient (Wildman–Crippen LogP) is 3.54. The monoisotopic (exact) mass is 319 g/mol. The van der Waals surface area contributed by atoms with E-state index in [1.165, 1.54) is 5.57 Å². The van der Waals surface area contributed by atoms with Crippen LogP contribution >= 0.6 is 0 Å². The van der Waals surface area contributed by atoms with E-state index in [4.69, 9.17) is 0 Å². The molecule has 0 bridgehead atoms. The highest BCUT2D eigenvalue weighted by Gasteiger charge is 2.48. The number of likely N-dealkylation sites (N-methyl/N-ethyl adjacent to an activating group) is 1. The molecule has 0 N–H and O–H groups in total. The van der Waals surface area contributed by atoms with E-state index >= 15 is 0 Å². The van der Waals surface area contributed by atoms with Crippen LogP contribution in [0.2, 0.25) is 0 Å². The number of ketones is 1. The zero-order valence-electron chi connectivity index (χ0n) is 14.1. The van der Waals surface area contributed by atoms with Gasteiger partial charge in [-0.2, -0.15) is 0 Å². The number of fused-ring (bicyclic) bond motifs is 3. The fourth-order valence-electron chi connectivity index (χ4n) is 4.50. The Hall–Kier alpha value is -2.42. The lowest BCUT2D eigenvalue weighted by molar-refractivity contribution is -0.124. The average Bonchev–Trinajstić information content (AvgIpc) is 2.97. The molecule has 3 nitrogen and oxygen atoms in total. The number of nitrogens with zero attached hydrogens (tertiary/aromatic N) is 1. The summed E-state index contributed by atoms with van der Waals surface area (Å²) in [4.78, 5) is 27.1. The molecule has 3 heteroatoms. The number of Topliss-reactive ketones (excluding diaryl/α,β-unsaturated/α-hetero) is 1. The predicted molar refractivity (Wildman–Crippen MR) is 94.1 cm³/mol. The summed E-state index contributed by atoms with van der Waals surface area (Å²) in [6.07, 6.45) is 2.31. The second kappa shape index (κ2) is 5.30. The number of allylic oxidation sites excluding steroid dienone is 2. The number of carbonyl (C=O) groups is 2. The van der Waals surface area contributed by atoms with Crippen LogP contribution in [-0.4, -0.2) is 29.7 Å². The van der Waals surface area contributed by atoms with Crippen molar-refractivity contribution in [2.45, 2.75) is 32.2 Å². The maximum absolute atomic E-state index is 12.8. The lowest BCUT2D eigenvalue weighted by Crippen LogP contribution is -2.33. The molecule has 4 rings (SSSR count). The number of hydrogen-bond donors (Lipinski definition) is 0. The summed E-state index contributed by atoms with van der Waals surface area (Å²) in [5.74, 6) is 0.294. The maximum Gasteiger partial charge on any atom is 0.249 e. The number of benzene rings is 1. The number of carbonyl (C=O) groups excluding carboxylic acids is 2. The van der Waals surface area contributed by atoms with Gasteiger partial charge < -0.3 is 4.90 Å². The van der Waals surface area contributed by atoms with Gasteiger partial charge in [0.2, 0.25) is 5.91 Å². The van der Waals surface area contributed by atoms with Crippen LogP contribution in [0.4, 0.5) is 0 Å². The second-order valence-electron chi connectivity index (χ2n) is 7.04. The van der Waals surface area contributed by atoms with Crippen LogP contribution in [0.3, 0.4) is 0 Å². The van der Waals surface area contributed by atoms with Crippen LogP contribution in [-0.2, 0) is 9.59 Å². The van der Waals surface area contributed by atoms with Gasteiger partial charge in [0.05, 0.1) is 6.04 Å². The van der Waals surface area contributed by atoms with Crippen molar-refractivity contribution in [2.75, 3.05) is 7.05 Å². The minimum atomic E-state index is -0.0564. The molecule has 122 valence electrons. The minimum Gasteiger partial charge on any atom is -0.334 e. The summed E-state index contributed by atoms with van der Waals surface area (Å²) in [7, 11) is 1.84. The van der Waals surface area contributed by atoms with Crippen molar-refractivity contribution in [3.8, 4) is 0 Å². The molecule has 1 heterocycles. The third-order valence-electron chi connectivity index (χ3n) is 5.76. The highest BCUT2D eigenvalue weighted by atomic mass is 16.2. The third kappa shape index (κ3) is 1.97. The zero-order chi connectivity index (χ0) is 17.0. The number of rotatable bonds is 1. The summed E-state index contributed by atoms with van der Waals surface area (Å²) < 4.78 is 0. The Kier molecular flexibility index (Phi) is 3.34. The van der Waals surface area contributed by atoms with Gasteiger partial charge in [-0.1, -0.05) is 42.5 Å². The first-order valence-electron chi connectivity index (χ1n) is 8.48. The molecule has 0 radical (unpaired) electrons. The Balaban J connectivity index is 1.99. The molecule has 24 heavy (non-hydrogen) atoms. The lowest BCUT2D eigenvalue weighted by atomic mass is 9.86. The molecule has 1 aromatic rings. The summed E-state index contributed by atoms with van der Waals surface area (Å²) >= 11 is 0. The minimum absolute atomic E-state index is 0.0168. The van der Waals surface area contributed by atoms with Gasteiger partial charge in [0, 0.05) is 30.5 Å². The zero-order valence-corrected chi connectivity index (χ0v) is 14.1. The Morgan fingerprint density at radius 3 is 2.58 bits per heavy atom. The Labute approximate surface area is 142 Å². The first-order chi connectivity index (χ1) is 11.5. The fourth-order valence-corrected chi connectivity index (χ4v) is 4.50. The van der Waals surface area contributed by atoms with Gasteiger partial charge in [0.15, 0.2) is 5.78 Å². The lowest BCUT2D eigenvalue weighted by Gasteiger charge is -2.26. The average molecular weight is 319 g/mol. The fraction of sp³-hybridized carbons (Fsp3) is 0.333. The first-order valence-corrected chi connectivity index (χ1v) is 8.48. The summed E-state index contributed by atoms with van der Waals surface area (Å²) in [6, 6.07) is 9.80. The summed E-state index contributed by atoms with van der Waals surface area (Å²) in [6.45, 7) is 6.18. The van der Waals surface area contributed by atoms with E-state index in [0.29, 0.717) is 12.0 Å². The number of hydrogen-bond acceptors (Lipinski definition) is 2. The number of likely N-dealkylation sites (tertiary alicyclic amines) is 1. The molecule has 1 fully saturated rings. The molecular formula is C21H21NO2. The van der Waals surface area contributed by atoms with Gasteiger partial charge in [-0.25, -0.2) is 0 Å². The van der Waals surface area contributed by atoms with E-state index in [1.54, 1.807) is 4.90 Å². The Morgan fingerprint density at radius 2 is 1.88 bits per heavy atom. The highest BCUT2D eigenvalue weighted by molar-refractivity contribution is 6.27. The molecule has 3 aliphatic rings. The molecule has 0 aromatic heterocycles. The quantitative estimate of drug-likeness (QED) is 0.743. The van der Waals surface area contributed by atoms with Gasteiger partial charge in [-0.3, -0.25) is 9.59 Å². The first kappa shape index (κ1) is 15.1. The molecule has 0 unspecified atom stereocenters. The highest BCUT2D eigenvalue weighted by Crippen LogP contribution is 2.49. The maximum atomic E-state index is 12.8. The molecule has 2 atom stereocenters. The van der Waals surface area contributed by atoms with Crippen LogP contribution in [0.15, 0.2) is 59.2 Å². The van der Waals surface area contributed by atoms with Gasteiger partial charge in [-0.05, 0) is 36.5 Å². The Bertz CT molecular complexity index is 829. The van der Waals surface area contributed by atoms with Crippen LogP contribution in [0, 0.1) is 5.92 Å². The molecule has 2 aliphatic carbocycles. The van der Waals surface area contributed by atoms with Crippen LogP contribution in [0.25, 0.3) is 5.57 Å². The summed E-state index contributed by atoms with van der Waals surface area (Å²) in [5, 5.41) is 0. The van der Waals surface area contributed by atoms with Gasteiger partial charge in [-0.15, -0.1) is 0 Å². The standard InChI is InChI=1S/C21H21NO2/c1-12-9-10-15-13(2)21(24)22(3)20(15)19-16(12)11-17(23)18(19)14-7-5-4-6-8-14/h4-8,15,20H,2,9-11H2,1,3H3/t15-,20-/m0/s1. The van der Waals surface area contributed by atoms with Crippen LogP contribution in [0.1, 0.15) is 31.7 Å². The van der Waals surface area contributed by atoms with Crippen molar-refractivity contribution in [2.24, 2.45) is 5.92 Å². The van der Waals surface area contributed by atoms with E-state index < -0.39 is 0 Å². The van der Waals surface area contributed by atoms with Gasteiger partial charge in [0.1, 0.15) is 0 Å². The topological polar surface area (TPSA) is 37.4 Å². The van der Waals surface area contributed by atoms with Crippen molar-refractivity contribution >= 4 is 17.3 Å². The second-order valence-corrected chi connectivity index (χ2v) is 7.04. The van der Waals surface area contributed by atoms with E-state index in [1.807, 2.05) is 37.4 Å². The largest absolute Gasteiger partial charge is 0.334 e. The van der Waals surface area contributed by atoms with Crippen molar-refractivity contribution in [1.29, 1.82) is 0 Å². The van der Waals surface area contributed by atoms with E-state index in [-0.39, 0.29) is 23.7 Å². The van der Waals surface area contributed by atoms with Crippen molar-refractivity contribution in [3.05, 3.63) is 64.8 Å². The molecule has 1 aromatic carbocycles. The smallest absolute Gasteiger partial charge is 0.249 e. The van der Waals surface area contributed by atoms with Crippen molar-refractivity contribution in [1.82, 2.24) is 4.90 Å². The van der Waals surface area contributed by atoms with Crippen LogP contribution in [0.5, 0.6) is 0 Å². The Morgan fingerprint density at radius 1 is 1.17 bits per heavy atom. The van der Waals surface area contributed by atoms with Crippen molar-refractivity contribution in [3.63, 3.8) is 0 Å². The van der Waals surface area contributed by atoms with E-state index in [0.717, 1.165) is 35.1 Å². The van der Waals surface area contributed by atoms with E-state index in [9.17, 15) is 9.59 Å². The third-order valence-corrected chi connectivity index (χ3v) is 5.76. The van der Waals surface area contributed by atoms with Gasteiger partial charge in [0.25, 0.3) is 0 Å². The summed E-state index contributed by atoms with van der Waals surface area (Å²) in [5.41, 5.74) is 5.96. The normalized spacial score (nSPS) is 26.9. The van der Waals surface area contributed by atoms with Crippen molar-refractivity contribution < 1.29 is 9.59 Å². The SMILES string of the molecule is C=C1C(=O)N(C)[C@@H]2C3=C(c4ccccc4)C(=O)CC3=C(C)CC[C@@H]12. The molecule has 0 saturated carbocycles. The molecule has 1 aliphatic heterocycles. The molecule has 1 saturated heterocycles. The van der Waals surface area contributed by atoms with Crippen LogP contribution < -0.4 is 0 Å². The number of amides is 1. The molecule has 0 spiro atoms. The van der Waals surface area contributed by atoms with E-state index in [2.05, 4.69) is 13.5 Å². The molecule has 1 amide bonds. The van der Waals surface area contributed by atoms with Gasteiger partial charge >= 0.3 is 0 Å².